The number of hydrogen-bond acceptors (Lipinski definition) is 2. The monoisotopic (exact) mass is 222 g/mol. The number of carbonyl (C=O) groups is 2. The van der Waals surface area contributed by atoms with Gasteiger partial charge in [-0.25, -0.2) is 4.79 Å². The first-order chi connectivity index (χ1) is 7.74. The number of rotatable bonds is 4. The first-order valence-corrected chi connectivity index (χ1v) is 6.33. The van der Waals surface area contributed by atoms with Gasteiger partial charge in [0.05, 0.1) is 0 Å². The lowest BCUT2D eigenvalue weighted by Crippen LogP contribution is -2.51. The third-order valence-corrected chi connectivity index (χ3v) is 4.03. The van der Waals surface area contributed by atoms with Crippen molar-refractivity contribution in [3.8, 4) is 0 Å². The van der Waals surface area contributed by atoms with E-state index in [1.807, 2.05) is 4.90 Å². The van der Waals surface area contributed by atoms with E-state index < -0.39 is 0 Å². The summed E-state index contributed by atoms with van der Waals surface area (Å²) in [6.45, 7) is 1.48. The van der Waals surface area contributed by atoms with Crippen LogP contribution in [0.25, 0.3) is 0 Å². The van der Waals surface area contributed by atoms with Crippen molar-refractivity contribution in [2.24, 2.45) is 17.8 Å². The molecule has 0 spiro atoms. The maximum atomic E-state index is 11.6. The number of imide groups is 1. The summed E-state index contributed by atoms with van der Waals surface area (Å²) in [7, 11) is 0. The van der Waals surface area contributed by atoms with Crippen LogP contribution in [-0.4, -0.2) is 29.9 Å². The Morgan fingerprint density at radius 3 is 2.31 bits per heavy atom. The second-order valence-corrected chi connectivity index (χ2v) is 5.39. The topological polar surface area (TPSA) is 49.4 Å². The van der Waals surface area contributed by atoms with Gasteiger partial charge < -0.3 is 4.90 Å². The van der Waals surface area contributed by atoms with E-state index in [1.54, 1.807) is 0 Å². The summed E-state index contributed by atoms with van der Waals surface area (Å²) in [5, 5.41) is 2.40. The van der Waals surface area contributed by atoms with Gasteiger partial charge in [-0.2, -0.15) is 0 Å². The maximum Gasteiger partial charge on any atom is 0.324 e. The van der Waals surface area contributed by atoms with Gasteiger partial charge in [-0.15, -0.1) is 0 Å². The molecule has 0 aromatic heterocycles. The molecule has 4 heteroatoms. The van der Waals surface area contributed by atoms with E-state index in [4.69, 9.17) is 0 Å². The molecule has 1 heterocycles. The first kappa shape index (κ1) is 10.1. The van der Waals surface area contributed by atoms with Gasteiger partial charge in [0.15, 0.2) is 0 Å². The molecule has 3 rings (SSSR count). The van der Waals surface area contributed by atoms with Crippen LogP contribution in [0.5, 0.6) is 0 Å². The van der Waals surface area contributed by atoms with Crippen molar-refractivity contribution in [3.05, 3.63) is 0 Å². The predicted molar refractivity (Wildman–Crippen MR) is 58.7 cm³/mol. The van der Waals surface area contributed by atoms with Crippen LogP contribution in [0.3, 0.4) is 0 Å². The highest BCUT2D eigenvalue weighted by Crippen LogP contribution is 2.49. The van der Waals surface area contributed by atoms with Gasteiger partial charge >= 0.3 is 6.03 Å². The Bertz CT molecular complexity index is 309. The van der Waals surface area contributed by atoms with Crippen LogP contribution in [0.15, 0.2) is 0 Å². The van der Waals surface area contributed by atoms with E-state index in [9.17, 15) is 9.59 Å². The van der Waals surface area contributed by atoms with E-state index in [1.165, 1.54) is 25.7 Å². The lowest BCUT2D eigenvalue weighted by atomic mass is 9.97. The summed E-state index contributed by atoms with van der Waals surface area (Å²) in [5.74, 6) is 2.30. The molecule has 3 aliphatic rings. The molecule has 3 fully saturated rings. The van der Waals surface area contributed by atoms with E-state index in [0.717, 1.165) is 18.4 Å². The molecule has 0 radical (unpaired) electrons. The molecule has 16 heavy (non-hydrogen) atoms. The molecule has 0 aromatic rings. The van der Waals surface area contributed by atoms with E-state index >= 15 is 0 Å². The molecule has 0 atom stereocenters. The quantitative estimate of drug-likeness (QED) is 0.781. The van der Waals surface area contributed by atoms with Crippen molar-refractivity contribution in [2.45, 2.75) is 32.1 Å². The minimum absolute atomic E-state index is 0.129. The smallest absolute Gasteiger partial charge is 0.324 e. The molecule has 0 unspecified atom stereocenters. The fourth-order valence-corrected chi connectivity index (χ4v) is 2.76. The Morgan fingerprint density at radius 1 is 1.19 bits per heavy atom. The van der Waals surface area contributed by atoms with E-state index in [2.05, 4.69) is 5.32 Å². The summed E-state index contributed by atoms with van der Waals surface area (Å²) >= 11 is 0. The highest BCUT2D eigenvalue weighted by molar-refractivity contribution is 5.96. The SMILES string of the molecule is O=C1CCN(CC(C2CC2)C2CC2)C(=O)N1. The molecule has 0 bridgehead atoms. The Balaban J connectivity index is 1.59. The molecule has 2 aliphatic carbocycles. The van der Waals surface area contributed by atoms with Crippen LogP contribution < -0.4 is 5.32 Å². The normalized spacial score (nSPS) is 26.2. The fourth-order valence-electron chi connectivity index (χ4n) is 2.76. The largest absolute Gasteiger partial charge is 0.324 e. The summed E-state index contributed by atoms with van der Waals surface area (Å²) in [4.78, 5) is 24.5. The van der Waals surface area contributed by atoms with Crippen molar-refractivity contribution >= 4 is 11.9 Å². The Kier molecular flexibility index (Phi) is 2.37. The van der Waals surface area contributed by atoms with Crippen LogP contribution in [-0.2, 0) is 4.79 Å². The third-order valence-electron chi connectivity index (χ3n) is 4.03. The number of carbonyl (C=O) groups excluding carboxylic acids is 2. The standard InChI is InChI=1S/C12H18N2O2/c15-11-5-6-14(12(16)13-11)7-10(8-1-2-8)9-3-4-9/h8-10H,1-7H2,(H,13,15,16). The van der Waals surface area contributed by atoms with Gasteiger partial charge in [-0.05, 0) is 43.4 Å². The Labute approximate surface area is 95.4 Å². The van der Waals surface area contributed by atoms with Crippen LogP contribution in [0.4, 0.5) is 4.79 Å². The molecule has 1 saturated heterocycles. The van der Waals surface area contributed by atoms with E-state index in [-0.39, 0.29) is 11.9 Å². The van der Waals surface area contributed by atoms with Gasteiger partial charge in [0.25, 0.3) is 0 Å². The van der Waals surface area contributed by atoms with Gasteiger partial charge in [-0.3, -0.25) is 10.1 Å². The molecule has 1 N–H and O–H groups in total. The summed E-state index contributed by atoms with van der Waals surface area (Å²) < 4.78 is 0. The van der Waals surface area contributed by atoms with Crippen molar-refractivity contribution in [2.75, 3.05) is 13.1 Å². The average molecular weight is 222 g/mol. The maximum absolute atomic E-state index is 11.6. The van der Waals surface area contributed by atoms with Gasteiger partial charge in [-0.1, -0.05) is 0 Å². The fraction of sp³-hybridized carbons (Fsp3) is 0.833. The zero-order chi connectivity index (χ0) is 11.1. The van der Waals surface area contributed by atoms with Crippen molar-refractivity contribution in [1.82, 2.24) is 10.2 Å². The summed E-state index contributed by atoms with van der Waals surface area (Å²) in [6.07, 6.45) is 5.84. The minimum atomic E-state index is -0.178. The summed E-state index contributed by atoms with van der Waals surface area (Å²) in [6, 6.07) is -0.178. The van der Waals surface area contributed by atoms with Crippen LogP contribution >= 0.6 is 0 Å². The molecule has 1 aliphatic heterocycles. The minimum Gasteiger partial charge on any atom is -0.324 e. The molecule has 3 amide bonds. The van der Waals surface area contributed by atoms with Crippen molar-refractivity contribution in [1.29, 1.82) is 0 Å². The average Bonchev–Trinajstić information content (AvgIpc) is 3.11. The predicted octanol–water partition coefficient (Wildman–Crippen LogP) is 1.36. The zero-order valence-corrected chi connectivity index (χ0v) is 9.45. The first-order valence-electron chi connectivity index (χ1n) is 6.33. The summed E-state index contributed by atoms with van der Waals surface area (Å²) in [5.41, 5.74) is 0. The second kappa shape index (κ2) is 3.75. The van der Waals surface area contributed by atoms with Gasteiger partial charge in [0.2, 0.25) is 5.91 Å². The van der Waals surface area contributed by atoms with E-state index in [0.29, 0.717) is 18.9 Å². The van der Waals surface area contributed by atoms with Gasteiger partial charge in [0, 0.05) is 19.5 Å². The zero-order valence-electron chi connectivity index (χ0n) is 9.45. The third kappa shape index (κ3) is 2.06. The van der Waals surface area contributed by atoms with Crippen LogP contribution in [0.2, 0.25) is 0 Å². The molecule has 2 saturated carbocycles. The van der Waals surface area contributed by atoms with Crippen LogP contribution in [0, 0.1) is 17.8 Å². The lowest BCUT2D eigenvalue weighted by Gasteiger charge is -2.30. The molecule has 0 aromatic carbocycles. The van der Waals surface area contributed by atoms with Crippen molar-refractivity contribution < 1.29 is 9.59 Å². The number of urea groups is 1. The Morgan fingerprint density at radius 2 is 1.81 bits per heavy atom. The number of nitrogens with zero attached hydrogens (tertiary/aromatic N) is 1. The molecule has 88 valence electrons. The highest BCUT2D eigenvalue weighted by atomic mass is 16.2. The number of amides is 3. The Hall–Kier alpha value is -1.06. The number of hydrogen-bond donors (Lipinski definition) is 1. The molecule has 4 nitrogen and oxygen atoms in total. The molecular weight excluding hydrogens is 204 g/mol. The van der Waals surface area contributed by atoms with Gasteiger partial charge in [0.1, 0.15) is 0 Å². The van der Waals surface area contributed by atoms with Crippen molar-refractivity contribution in [3.63, 3.8) is 0 Å². The van der Waals surface area contributed by atoms with Crippen LogP contribution in [0.1, 0.15) is 32.1 Å². The molecular formula is C12H18N2O2. The number of nitrogens with one attached hydrogen (secondary N) is 1. The second-order valence-electron chi connectivity index (χ2n) is 5.39. The lowest BCUT2D eigenvalue weighted by molar-refractivity contribution is -0.121. The highest BCUT2D eigenvalue weighted by Gasteiger charge is 2.43.